The molecule has 8 rings (SSSR count). The maximum atomic E-state index is 13.8. The number of benzene rings is 2. The Bertz CT molecular complexity index is 2120. The fourth-order valence-electron chi connectivity index (χ4n) is 9.76. The number of ketones is 1. The van der Waals surface area contributed by atoms with E-state index in [2.05, 4.69) is 0 Å². The van der Waals surface area contributed by atoms with Crippen molar-refractivity contribution in [3.8, 4) is 11.5 Å². The summed E-state index contributed by atoms with van der Waals surface area (Å²) in [4.78, 5) is 131. The predicted octanol–water partition coefficient (Wildman–Crippen LogP) is 3.02. The summed E-state index contributed by atoms with van der Waals surface area (Å²) in [6.45, 7) is 1.30. The summed E-state index contributed by atoms with van der Waals surface area (Å²) in [6.07, 6.45) is 1.03. The SMILES string of the molecule is CC(=O)C1CC(C(=O)Oc2cccc(N3C(=O)C4CC5C(=O)N(c6cccc(OC(=O)C7CCC8C(=O)OC(=O)C8C7)c6)C(=O)C5CC4C3=O)c2)CCC1C(=O)O. The van der Waals surface area contributed by atoms with Crippen molar-refractivity contribution in [1.29, 1.82) is 0 Å². The Labute approximate surface area is 324 Å². The van der Waals surface area contributed by atoms with Crippen molar-refractivity contribution in [2.75, 3.05) is 9.80 Å². The molecule has 6 fully saturated rings. The molecule has 10 atom stereocenters. The number of cyclic esters (lactones) is 2. The van der Waals surface area contributed by atoms with Crippen LogP contribution in [0.5, 0.6) is 11.5 Å². The Kier molecular flexibility index (Phi) is 9.60. The number of hydrogen-bond donors (Lipinski definition) is 1. The average molecular weight is 783 g/mol. The quantitative estimate of drug-likeness (QED) is 0.176. The van der Waals surface area contributed by atoms with Gasteiger partial charge < -0.3 is 19.3 Å². The number of rotatable bonds is 8. The van der Waals surface area contributed by atoms with E-state index in [4.69, 9.17) is 14.2 Å². The first-order chi connectivity index (χ1) is 27.2. The first-order valence-electron chi connectivity index (χ1n) is 19.1. The lowest BCUT2D eigenvalue weighted by molar-refractivity contribution is -0.154. The van der Waals surface area contributed by atoms with Gasteiger partial charge in [0.25, 0.3) is 0 Å². The Balaban J connectivity index is 0.920. The van der Waals surface area contributed by atoms with Crippen LogP contribution in [0.3, 0.4) is 0 Å². The molecular weight excluding hydrogens is 744 g/mol. The number of hydrogen-bond acceptors (Lipinski definition) is 13. The second-order valence-electron chi connectivity index (χ2n) is 15.9. The van der Waals surface area contributed by atoms with Crippen LogP contribution >= 0.6 is 0 Å². The van der Waals surface area contributed by atoms with E-state index in [9.17, 15) is 53.1 Å². The van der Waals surface area contributed by atoms with Gasteiger partial charge >= 0.3 is 29.8 Å². The zero-order chi connectivity index (χ0) is 40.4. The molecule has 3 saturated carbocycles. The maximum absolute atomic E-state index is 13.8. The summed E-state index contributed by atoms with van der Waals surface area (Å²) >= 11 is 0. The van der Waals surface area contributed by atoms with Crippen molar-refractivity contribution in [3.05, 3.63) is 48.5 Å². The van der Waals surface area contributed by atoms with Crippen molar-refractivity contribution in [1.82, 2.24) is 0 Å². The molecule has 10 unspecified atom stereocenters. The molecule has 1 N–H and O–H groups in total. The molecule has 0 aromatic heterocycles. The molecule has 4 amide bonds. The molecule has 3 aliphatic carbocycles. The van der Waals surface area contributed by atoms with Crippen molar-refractivity contribution in [2.24, 2.45) is 59.2 Å². The highest BCUT2D eigenvalue weighted by molar-refractivity contribution is 6.25. The van der Waals surface area contributed by atoms with Gasteiger partial charge in [-0.2, -0.15) is 0 Å². The molecule has 3 heterocycles. The highest BCUT2D eigenvalue weighted by Gasteiger charge is 2.60. The number of imide groups is 2. The minimum atomic E-state index is -1.09. The van der Waals surface area contributed by atoms with E-state index in [0.29, 0.717) is 12.8 Å². The summed E-state index contributed by atoms with van der Waals surface area (Å²) in [6, 6.07) is 11.7. The lowest BCUT2D eigenvalue weighted by atomic mass is 9.70. The third-order valence-electron chi connectivity index (χ3n) is 12.7. The Morgan fingerprint density at radius 3 is 1.51 bits per heavy atom. The van der Waals surface area contributed by atoms with E-state index >= 15 is 0 Å². The van der Waals surface area contributed by atoms with E-state index in [1.54, 1.807) is 0 Å². The highest BCUT2D eigenvalue weighted by atomic mass is 16.6. The first kappa shape index (κ1) is 37.8. The lowest BCUT2D eigenvalue weighted by Crippen LogP contribution is -2.38. The summed E-state index contributed by atoms with van der Waals surface area (Å²) in [5.74, 6) is -13.9. The number of anilines is 2. The van der Waals surface area contributed by atoms with E-state index in [-0.39, 0.29) is 67.2 Å². The monoisotopic (exact) mass is 782 g/mol. The van der Waals surface area contributed by atoms with Gasteiger partial charge in [-0.15, -0.1) is 0 Å². The zero-order valence-electron chi connectivity index (χ0n) is 30.7. The van der Waals surface area contributed by atoms with E-state index in [1.807, 2.05) is 0 Å². The molecule has 2 aromatic carbocycles. The molecule has 296 valence electrons. The van der Waals surface area contributed by atoms with E-state index in [1.165, 1.54) is 55.5 Å². The minimum Gasteiger partial charge on any atom is -0.481 e. The zero-order valence-corrected chi connectivity index (χ0v) is 30.7. The minimum absolute atomic E-state index is 0.0276. The van der Waals surface area contributed by atoms with Crippen molar-refractivity contribution >= 4 is 70.6 Å². The van der Waals surface area contributed by atoms with Crippen molar-refractivity contribution in [3.63, 3.8) is 0 Å². The fourth-order valence-corrected chi connectivity index (χ4v) is 9.76. The largest absolute Gasteiger partial charge is 0.481 e. The summed E-state index contributed by atoms with van der Waals surface area (Å²) in [5.41, 5.74) is 0.294. The second kappa shape index (κ2) is 14.5. The van der Waals surface area contributed by atoms with E-state index in [0.717, 1.165) is 9.80 Å². The van der Waals surface area contributed by atoms with Crippen LogP contribution < -0.4 is 19.3 Å². The maximum Gasteiger partial charge on any atom is 0.317 e. The molecule has 0 spiro atoms. The molecule has 3 saturated heterocycles. The Morgan fingerprint density at radius 2 is 1.04 bits per heavy atom. The standard InChI is InChI=1S/C41H38N2O14/c1-18(44)27-12-19(8-10-25(27)37(49)50)38(51)55-23-6-2-4-21(14-23)42-33(45)28-16-30-31(17-29(28)34(42)46)36(48)43(35(30)47)22-5-3-7-24(15-22)56-39(52)20-9-11-26-32(13-20)41(54)57-40(26)53/h2-7,14-15,19-20,25-32H,8-13,16-17H2,1H3,(H,49,50). The molecule has 16 heteroatoms. The average Bonchev–Trinajstić information content (AvgIpc) is 3.72. The third-order valence-corrected chi connectivity index (χ3v) is 12.7. The van der Waals surface area contributed by atoms with Crippen LogP contribution in [0.1, 0.15) is 58.3 Å². The highest BCUT2D eigenvalue weighted by Crippen LogP contribution is 2.50. The number of amides is 4. The van der Waals surface area contributed by atoms with Gasteiger partial charge in [0.1, 0.15) is 17.3 Å². The van der Waals surface area contributed by atoms with E-state index < -0.39 is 113 Å². The van der Waals surface area contributed by atoms with Gasteiger partial charge in [-0.3, -0.25) is 47.9 Å². The summed E-state index contributed by atoms with van der Waals surface area (Å²) < 4.78 is 15.9. The van der Waals surface area contributed by atoms with Crippen LogP contribution in [-0.4, -0.2) is 64.4 Å². The van der Waals surface area contributed by atoms with Gasteiger partial charge in [0.2, 0.25) is 23.6 Å². The normalized spacial score (nSPS) is 32.0. The number of carbonyl (C=O) groups is 10. The molecule has 0 radical (unpaired) electrons. The molecular formula is C41H38N2O14. The summed E-state index contributed by atoms with van der Waals surface area (Å²) in [5, 5.41) is 9.51. The number of carboxylic acid groups (broad SMARTS) is 1. The van der Waals surface area contributed by atoms with Gasteiger partial charge in [-0.25, -0.2) is 9.80 Å². The number of fused-ring (bicyclic) bond motifs is 3. The number of Topliss-reactive ketones (excluding diaryl/α,β-unsaturated/α-hetero) is 1. The van der Waals surface area contributed by atoms with Crippen LogP contribution in [0.25, 0.3) is 0 Å². The van der Waals surface area contributed by atoms with Gasteiger partial charge in [0, 0.05) is 18.1 Å². The topological polar surface area (TPSA) is 225 Å². The fraction of sp³-hybridized carbons (Fsp3) is 0.463. The lowest BCUT2D eigenvalue weighted by Gasteiger charge is -2.31. The molecule has 16 nitrogen and oxygen atoms in total. The summed E-state index contributed by atoms with van der Waals surface area (Å²) in [7, 11) is 0. The second-order valence-corrected chi connectivity index (χ2v) is 15.9. The number of carbonyl (C=O) groups excluding carboxylic acids is 9. The van der Waals surface area contributed by atoms with Crippen LogP contribution in [0.4, 0.5) is 11.4 Å². The number of ether oxygens (including phenoxy) is 3. The van der Waals surface area contributed by atoms with Crippen LogP contribution in [0.2, 0.25) is 0 Å². The number of nitrogens with zero attached hydrogens (tertiary/aromatic N) is 2. The first-order valence-corrected chi connectivity index (χ1v) is 19.1. The molecule has 57 heavy (non-hydrogen) atoms. The van der Waals surface area contributed by atoms with Crippen LogP contribution in [-0.2, 0) is 52.7 Å². The Hall–Kier alpha value is -6.06. The molecule has 2 aromatic rings. The molecule has 6 aliphatic rings. The van der Waals surface area contributed by atoms with Crippen molar-refractivity contribution < 1.29 is 67.3 Å². The number of aliphatic carboxylic acids is 1. The van der Waals surface area contributed by atoms with Gasteiger partial charge in [0.15, 0.2) is 0 Å². The predicted molar refractivity (Wildman–Crippen MR) is 190 cm³/mol. The number of carboxylic acids is 1. The third kappa shape index (κ3) is 6.59. The van der Waals surface area contributed by atoms with Gasteiger partial charge in [-0.1, -0.05) is 12.1 Å². The van der Waals surface area contributed by atoms with Gasteiger partial charge in [0.05, 0.1) is 64.6 Å². The number of esters is 4. The Morgan fingerprint density at radius 1 is 0.579 bits per heavy atom. The van der Waals surface area contributed by atoms with Gasteiger partial charge in [-0.05, 0) is 82.6 Å². The van der Waals surface area contributed by atoms with Crippen molar-refractivity contribution in [2.45, 2.75) is 58.3 Å². The smallest absolute Gasteiger partial charge is 0.317 e. The molecule has 3 aliphatic heterocycles. The van der Waals surface area contributed by atoms with Crippen LogP contribution in [0, 0.1) is 59.2 Å². The van der Waals surface area contributed by atoms with Crippen LogP contribution in [0.15, 0.2) is 48.5 Å². The molecule has 0 bridgehead atoms.